The van der Waals surface area contributed by atoms with E-state index >= 15 is 0 Å². The highest BCUT2D eigenvalue weighted by atomic mass is 27.0. The molecule has 3 aromatic heterocycles. The Morgan fingerprint density at radius 3 is 0.814 bits per heavy atom. The zero-order valence-electron chi connectivity index (χ0n) is 21.9. The summed E-state index contributed by atoms with van der Waals surface area (Å²) in [6.45, 7) is 0. The van der Waals surface area contributed by atoms with Crippen LogP contribution in [0.1, 0.15) is 0 Å². The minimum absolute atomic E-state index is 0. The second kappa shape index (κ2) is 10.5. The lowest BCUT2D eigenvalue weighted by Gasteiger charge is -1.96. The van der Waals surface area contributed by atoms with Crippen LogP contribution in [0.2, 0.25) is 0 Å². The number of benzene rings is 4. The van der Waals surface area contributed by atoms with Gasteiger partial charge >= 0.3 is 0 Å². The summed E-state index contributed by atoms with van der Waals surface area (Å²) in [5.74, 6) is 2.39. The maximum atomic E-state index is 5.02. The van der Waals surface area contributed by atoms with Gasteiger partial charge in [-0.3, -0.25) is 0 Å². The van der Waals surface area contributed by atoms with Gasteiger partial charge in [0.05, 0.1) is 0 Å². The molecular weight excluding hydrogens is 555 g/mol. The zero-order chi connectivity index (χ0) is 26.2. The second-order valence-electron chi connectivity index (χ2n) is 9.79. The molecule has 0 fully saturated rings. The van der Waals surface area contributed by atoms with Crippen molar-refractivity contribution >= 4 is 61.5 Å². The first-order chi connectivity index (χ1) is 19.8. The van der Waals surface area contributed by atoms with Crippen molar-refractivity contribution in [2.75, 3.05) is 0 Å². The molecule has 0 unspecified atom stereocenters. The molecule has 9 rings (SSSR count). The fourth-order valence-electron chi connectivity index (χ4n) is 5.59. The lowest BCUT2D eigenvalue weighted by molar-refractivity contribution is 0.823. The third-order valence-corrected chi connectivity index (χ3v) is 7.46. The van der Waals surface area contributed by atoms with Crippen molar-refractivity contribution in [2.45, 2.75) is 0 Å². The predicted molar refractivity (Wildman–Crippen MR) is 173 cm³/mol. The molecule has 8 bridgehead atoms. The Morgan fingerprint density at radius 1 is 0.326 bits per heavy atom. The van der Waals surface area contributed by atoms with Gasteiger partial charge in [0.2, 0.25) is 0 Å². The van der Waals surface area contributed by atoms with Gasteiger partial charge in [0.15, 0.2) is 40.7 Å². The van der Waals surface area contributed by atoms with Crippen LogP contribution in [-0.2, 0) is 0 Å². The lowest BCUT2D eigenvalue weighted by atomic mass is 10.1. The molecular formula is C32H25AlN8O2. The molecule has 208 valence electrons. The van der Waals surface area contributed by atoms with Crippen LogP contribution in [0.3, 0.4) is 0 Å². The third-order valence-electron chi connectivity index (χ3n) is 7.46. The summed E-state index contributed by atoms with van der Waals surface area (Å²) < 4.78 is 0. The normalized spacial score (nSPS) is 11.2. The number of aromatic amines is 2. The van der Waals surface area contributed by atoms with Gasteiger partial charge in [-0.05, 0) is 0 Å². The van der Waals surface area contributed by atoms with Crippen LogP contribution < -0.4 is 0 Å². The number of H-pyrrole nitrogens is 2. The summed E-state index contributed by atoms with van der Waals surface area (Å²) in [7, 11) is 0. The van der Waals surface area contributed by atoms with E-state index in [0.29, 0.717) is 45.9 Å². The summed E-state index contributed by atoms with van der Waals surface area (Å²) >= 11 is 0. The third kappa shape index (κ3) is 4.19. The van der Waals surface area contributed by atoms with Crippen molar-refractivity contribution in [2.24, 2.45) is 0 Å². The Labute approximate surface area is 254 Å². The van der Waals surface area contributed by atoms with Crippen molar-refractivity contribution in [3.05, 3.63) is 97.1 Å². The first-order valence-corrected chi connectivity index (χ1v) is 13.0. The summed E-state index contributed by atoms with van der Waals surface area (Å²) in [4.78, 5) is 36.8. The number of nitrogens with one attached hydrogen (secondary N) is 2. The van der Waals surface area contributed by atoms with Gasteiger partial charge in [-0.1, -0.05) is 97.1 Å². The molecule has 0 radical (unpaired) electrons. The largest absolute Gasteiger partial charge is 0.412 e. The number of fused-ring (bicyclic) bond motifs is 20. The monoisotopic (exact) mass is 580 g/mol. The van der Waals surface area contributed by atoms with Gasteiger partial charge in [-0.25, -0.2) is 29.9 Å². The Morgan fingerprint density at radius 2 is 0.558 bits per heavy atom. The highest BCUT2D eigenvalue weighted by Gasteiger charge is 2.21. The highest BCUT2D eigenvalue weighted by Crippen LogP contribution is 2.36. The molecule has 2 aliphatic heterocycles. The first-order valence-electron chi connectivity index (χ1n) is 13.0. The molecule has 43 heavy (non-hydrogen) atoms. The lowest BCUT2D eigenvalue weighted by Crippen LogP contribution is -1.82. The molecule has 0 saturated carbocycles. The molecule has 5 heterocycles. The van der Waals surface area contributed by atoms with E-state index in [4.69, 9.17) is 29.9 Å². The number of aromatic nitrogens is 8. The van der Waals surface area contributed by atoms with Gasteiger partial charge < -0.3 is 20.9 Å². The number of hydrogen-bond acceptors (Lipinski definition) is 6. The summed E-state index contributed by atoms with van der Waals surface area (Å²) in [6, 6.07) is 32.2. The minimum Gasteiger partial charge on any atom is -0.412 e. The van der Waals surface area contributed by atoms with Gasteiger partial charge in [0.1, 0.15) is 22.6 Å². The summed E-state index contributed by atoms with van der Waals surface area (Å²) in [5, 5.41) is 3.82. The summed E-state index contributed by atoms with van der Waals surface area (Å²) in [5.41, 5.74) is 6.45. The molecule has 0 aliphatic carbocycles. The topological polar surface area (TPSA) is 172 Å². The van der Waals surface area contributed by atoms with Crippen molar-refractivity contribution < 1.29 is 11.0 Å². The molecule has 0 amide bonds. The quantitative estimate of drug-likeness (QED) is 0.256. The van der Waals surface area contributed by atoms with E-state index in [1.165, 1.54) is 0 Å². The molecule has 0 atom stereocenters. The van der Waals surface area contributed by atoms with E-state index in [2.05, 4.69) is 9.97 Å². The van der Waals surface area contributed by atoms with Gasteiger partial charge in [0, 0.05) is 43.8 Å². The average molecular weight is 581 g/mol. The number of nitrogens with zero attached hydrogens (tertiary/aromatic N) is 6. The van der Waals surface area contributed by atoms with Crippen molar-refractivity contribution in [3.8, 4) is 45.6 Å². The molecule has 2 aliphatic rings. The SMILES string of the molecule is O.O.[AlH3].c1ccc2c(c1)-c1nc-2nc2[nH]c(nc3nc(nc4[nH]c(n1)c1ccccc41)-c1ccccc1-3)c1ccccc21. The predicted octanol–water partition coefficient (Wildman–Crippen LogP) is 4.04. The summed E-state index contributed by atoms with van der Waals surface area (Å²) in [6.07, 6.45) is 0. The molecule has 4 aromatic carbocycles. The Balaban J connectivity index is 0.00000110. The van der Waals surface area contributed by atoms with Gasteiger partial charge in [0.25, 0.3) is 0 Å². The Bertz CT molecular complexity index is 2050. The Kier molecular flexibility index (Phi) is 6.80. The van der Waals surface area contributed by atoms with Crippen LogP contribution >= 0.6 is 0 Å². The molecule has 10 nitrogen and oxygen atoms in total. The van der Waals surface area contributed by atoms with Crippen LogP contribution in [-0.4, -0.2) is 68.2 Å². The van der Waals surface area contributed by atoms with E-state index in [0.717, 1.165) is 43.8 Å². The fraction of sp³-hybridized carbons (Fsp3) is 0. The Hall–Kier alpha value is -5.31. The smallest absolute Gasteiger partial charge is 0.187 e. The second-order valence-corrected chi connectivity index (χ2v) is 9.79. The fourth-order valence-corrected chi connectivity index (χ4v) is 5.59. The van der Waals surface area contributed by atoms with E-state index in [1.54, 1.807) is 0 Å². The van der Waals surface area contributed by atoms with Gasteiger partial charge in [-0.15, -0.1) is 0 Å². The van der Waals surface area contributed by atoms with Crippen LogP contribution in [0.4, 0.5) is 0 Å². The van der Waals surface area contributed by atoms with Crippen molar-refractivity contribution in [1.82, 2.24) is 39.9 Å². The van der Waals surface area contributed by atoms with E-state index in [1.807, 2.05) is 97.1 Å². The van der Waals surface area contributed by atoms with E-state index < -0.39 is 0 Å². The van der Waals surface area contributed by atoms with Crippen LogP contribution in [0.15, 0.2) is 97.1 Å². The molecule has 6 N–H and O–H groups in total. The maximum Gasteiger partial charge on any atom is 0.187 e. The number of rotatable bonds is 0. The molecule has 7 aromatic rings. The minimum atomic E-state index is 0. The van der Waals surface area contributed by atoms with Gasteiger partial charge in [-0.2, -0.15) is 0 Å². The molecule has 0 spiro atoms. The average Bonchev–Trinajstić information content (AvgIpc) is 3.73. The van der Waals surface area contributed by atoms with Crippen LogP contribution in [0.25, 0.3) is 89.7 Å². The molecule has 11 heteroatoms. The van der Waals surface area contributed by atoms with E-state index in [9.17, 15) is 0 Å². The standard InChI is InChI=1S/C32H18N8.Al.2H2O.3H/c1-2-10-18-17(9-1)25-33-26(18)38-28-21-13-5-6-14-22(21)30(35-28)40-32-24-16-8-7-15-23(24)31(36-32)39-29-20-12-4-3-11-19(20)27(34-29)37-25;;;;;;/h1-16H,(H2,33,34,35,36,37,38,39,40);;2*1H2;;;. The zero-order valence-corrected chi connectivity index (χ0v) is 21.9. The highest BCUT2D eigenvalue weighted by molar-refractivity contribution is 6.06. The van der Waals surface area contributed by atoms with E-state index in [-0.39, 0.29) is 28.3 Å². The maximum absolute atomic E-state index is 5.02. The van der Waals surface area contributed by atoms with Crippen molar-refractivity contribution in [1.29, 1.82) is 0 Å². The van der Waals surface area contributed by atoms with Crippen molar-refractivity contribution in [3.63, 3.8) is 0 Å². The van der Waals surface area contributed by atoms with Crippen LogP contribution in [0, 0.1) is 0 Å². The molecule has 0 saturated heterocycles. The van der Waals surface area contributed by atoms with Crippen LogP contribution in [0.5, 0.6) is 0 Å². The first kappa shape index (κ1) is 27.8. The number of hydrogen-bond donors (Lipinski definition) is 2.